The maximum absolute atomic E-state index is 5.62. The SMILES string of the molecule is NC1(P)CCOC1. The molecule has 0 saturated carbocycles. The molecule has 0 radical (unpaired) electrons. The molecular formula is C4H10NOP. The highest BCUT2D eigenvalue weighted by molar-refractivity contribution is 7.18. The molecule has 0 aromatic carbocycles. The van der Waals surface area contributed by atoms with E-state index in [1.807, 2.05) is 0 Å². The summed E-state index contributed by atoms with van der Waals surface area (Å²) in [4.78, 5) is 0. The Morgan fingerprint density at radius 1 is 1.71 bits per heavy atom. The van der Waals surface area contributed by atoms with Crippen molar-refractivity contribution in [3.05, 3.63) is 0 Å². The summed E-state index contributed by atoms with van der Waals surface area (Å²) in [6, 6.07) is 0. The standard InChI is InChI=1S/C4H10NOP/c5-4(7)1-2-6-3-4/h1-3,5,7H2. The maximum atomic E-state index is 5.62. The molecule has 0 amide bonds. The van der Waals surface area contributed by atoms with Crippen LogP contribution in [0.4, 0.5) is 0 Å². The van der Waals surface area contributed by atoms with Crippen molar-refractivity contribution >= 4 is 9.24 Å². The summed E-state index contributed by atoms with van der Waals surface area (Å²) in [6.45, 7) is 1.51. The van der Waals surface area contributed by atoms with E-state index in [1.54, 1.807) is 0 Å². The van der Waals surface area contributed by atoms with Crippen LogP contribution in [0.3, 0.4) is 0 Å². The first-order chi connectivity index (χ1) is 3.21. The maximum Gasteiger partial charge on any atom is 0.0681 e. The molecule has 7 heavy (non-hydrogen) atoms. The topological polar surface area (TPSA) is 35.2 Å². The van der Waals surface area contributed by atoms with Crippen molar-refractivity contribution in [1.82, 2.24) is 0 Å². The summed E-state index contributed by atoms with van der Waals surface area (Å²) in [7, 11) is 2.58. The second-order valence-corrected chi connectivity index (χ2v) is 3.19. The van der Waals surface area contributed by atoms with Gasteiger partial charge in [0, 0.05) is 6.61 Å². The van der Waals surface area contributed by atoms with Gasteiger partial charge < -0.3 is 10.5 Å². The molecule has 0 aliphatic carbocycles. The lowest BCUT2D eigenvalue weighted by Crippen LogP contribution is -2.31. The van der Waals surface area contributed by atoms with Crippen LogP contribution >= 0.6 is 9.24 Å². The van der Waals surface area contributed by atoms with Gasteiger partial charge in [-0.25, -0.2) is 0 Å². The average molecular weight is 119 g/mol. The van der Waals surface area contributed by atoms with Crippen LogP contribution in [-0.4, -0.2) is 18.5 Å². The number of rotatable bonds is 0. The zero-order valence-electron chi connectivity index (χ0n) is 4.18. The molecule has 3 heteroatoms. The number of ether oxygens (including phenoxy) is 1. The smallest absolute Gasteiger partial charge is 0.0681 e. The fourth-order valence-corrected chi connectivity index (χ4v) is 0.832. The lowest BCUT2D eigenvalue weighted by Gasteiger charge is -2.11. The minimum atomic E-state index is -0.111. The van der Waals surface area contributed by atoms with Crippen LogP contribution < -0.4 is 5.73 Å². The Morgan fingerprint density at radius 3 is 2.57 bits per heavy atom. The average Bonchev–Trinajstić information content (AvgIpc) is 1.84. The van der Waals surface area contributed by atoms with Gasteiger partial charge in [0.2, 0.25) is 0 Å². The molecule has 1 rings (SSSR count). The molecule has 2 nitrogen and oxygen atoms in total. The second-order valence-electron chi connectivity index (χ2n) is 2.04. The zero-order valence-corrected chi connectivity index (χ0v) is 5.34. The van der Waals surface area contributed by atoms with Crippen LogP contribution in [0.25, 0.3) is 0 Å². The van der Waals surface area contributed by atoms with E-state index in [0.29, 0.717) is 6.61 Å². The fraction of sp³-hybridized carbons (Fsp3) is 1.00. The normalized spacial score (nSPS) is 42.0. The molecule has 2 atom stereocenters. The van der Waals surface area contributed by atoms with Crippen LogP contribution in [-0.2, 0) is 4.74 Å². The van der Waals surface area contributed by atoms with Crippen molar-refractivity contribution in [3.8, 4) is 0 Å². The molecule has 0 aromatic rings. The second kappa shape index (κ2) is 1.70. The van der Waals surface area contributed by atoms with Gasteiger partial charge in [-0.2, -0.15) is 0 Å². The molecule has 1 saturated heterocycles. The van der Waals surface area contributed by atoms with Gasteiger partial charge in [0.1, 0.15) is 0 Å². The van der Waals surface area contributed by atoms with Gasteiger partial charge in [0.05, 0.1) is 11.9 Å². The van der Waals surface area contributed by atoms with E-state index in [4.69, 9.17) is 10.5 Å². The van der Waals surface area contributed by atoms with E-state index in [9.17, 15) is 0 Å². The van der Waals surface area contributed by atoms with E-state index in [2.05, 4.69) is 9.24 Å². The molecule has 1 fully saturated rings. The van der Waals surface area contributed by atoms with Crippen molar-refractivity contribution in [2.75, 3.05) is 13.2 Å². The van der Waals surface area contributed by atoms with E-state index in [1.165, 1.54) is 0 Å². The van der Waals surface area contributed by atoms with Crippen LogP contribution in [0.1, 0.15) is 6.42 Å². The van der Waals surface area contributed by atoms with E-state index < -0.39 is 0 Å². The highest BCUT2D eigenvalue weighted by atomic mass is 31.0. The Bertz CT molecular complexity index is 66.1. The Balaban J connectivity index is 2.40. The third-order valence-electron chi connectivity index (χ3n) is 1.08. The monoisotopic (exact) mass is 119 g/mol. The molecule has 42 valence electrons. The molecule has 2 unspecified atom stereocenters. The van der Waals surface area contributed by atoms with Crippen molar-refractivity contribution in [1.29, 1.82) is 0 Å². The minimum Gasteiger partial charge on any atom is -0.379 e. The number of hydrogen-bond donors (Lipinski definition) is 1. The largest absolute Gasteiger partial charge is 0.379 e. The minimum absolute atomic E-state index is 0.111. The van der Waals surface area contributed by atoms with Gasteiger partial charge in [-0.05, 0) is 6.42 Å². The van der Waals surface area contributed by atoms with E-state index in [-0.39, 0.29) is 5.28 Å². The predicted molar refractivity (Wildman–Crippen MR) is 32.1 cm³/mol. The lowest BCUT2D eigenvalue weighted by molar-refractivity contribution is 0.191. The molecular weight excluding hydrogens is 109 g/mol. The summed E-state index contributed by atoms with van der Waals surface area (Å²) in [5.41, 5.74) is 5.62. The van der Waals surface area contributed by atoms with Crippen molar-refractivity contribution in [2.45, 2.75) is 11.7 Å². The van der Waals surface area contributed by atoms with Gasteiger partial charge in [-0.15, -0.1) is 9.24 Å². The highest BCUT2D eigenvalue weighted by Crippen LogP contribution is 2.21. The molecule has 1 aliphatic heterocycles. The molecule has 0 bridgehead atoms. The van der Waals surface area contributed by atoms with Crippen molar-refractivity contribution < 1.29 is 4.74 Å². The first kappa shape index (κ1) is 5.49. The fourth-order valence-electron chi connectivity index (χ4n) is 0.597. The molecule has 0 spiro atoms. The molecule has 2 N–H and O–H groups in total. The summed E-state index contributed by atoms with van der Waals surface area (Å²) >= 11 is 0. The Labute approximate surface area is 45.6 Å². The summed E-state index contributed by atoms with van der Waals surface area (Å²) in [5.74, 6) is 0. The summed E-state index contributed by atoms with van der Waals surface area (Å²) in [5, 5.41) is -0.111. The summed E-state index contributed by atoms with van der Waals surface area (Å²) in [6.07, 6.45) is 0.970. The van der Waals surface area contributed by atoms with Crippen LogP contribution in [0, 0.1) is 0 Å². The van der Waals surface area contributed by atoms with Crippen LogP contribution in [0.5, 0.6) is 0 Å². The quantitative estimate of drug-likeness (QED) is 0.453. The predicted octanol–water partition coefficient (Wildman–Crippen LogP) is -0.0632. The van der Waals surface area contributed by atoms with Gasteiger partial charge in [0.15, 0.2) is 0 Å². The van der Waals surface area contributed by atoms with Crippen LogP contribution in [0.15, 0.2) is 0 Å². The van der Waals surface area contributed by atoms with E-state index in [0.717, 1.165) is 13.0 Å². The third-order valence-corrected chi connectivity index (χ3v) is 1.54. The van der Waals surface area contributed by atoms with Gasteiger partial charge >= 0.3 is 0 Å². The van der Waals surface area contributed by atoms with Crippen molar-refractivity contribution in [3.63, 3.8) is 0 Å². The molecule has 1 aliphatic rings. The van der Waals surface area contributed by atoms with Gasteiger partial charge in [0.25, 0.3) is 0 Å². The Hall–Kier alpha value is 0.350. The first-order valence-electron chi connectivity index (χ1n) is 2.36. The first-order valence-corrected chi connectivity index (χ1v) is 2.94. The van der Waals surface area contributed by atoms with E-state index >= 15 is 0 Å². The summed E-state index contributed by atoms with van der Waals surface area (Å²) < 4.78 is 5.01. The Morgan fingerprint density at radius 2 is 2.43 bits per heavy atom. The van der Waals surface area contributed by atoms with Crippen LogP contribution in [0.2, 0.25) is 0 Å². The van der Waals surface area contributed by atoms with Gasteiger partial charge in [-0.1, -0.05) is 0 Å². The molecule has 0 aromatic heterocycles. The number of hydrogen-bond acceptors (Lipinski definition) is 2. The lowest BCUT2D eigenvalue weighted by atomic mass is 10.3. The molecule has 1 heterocycles. The number of nitrogens with two attached hydrogens (primary N) is 1. The third kappa shape index (κ3) is 1.37. The van der Waals surface area contributed by atoms with Gasteiger partial charge in [-0.3, -0.25) is 0 Å². The highest BCUT2D eigenvalue weighted by Gasteiger charge is 2.23. The Kier molecular flexibility index (Phi) is 1.33. The van der Waals surface area contributed by atoms with Crippen molar-refractivity contribution in [2.24, 2.45) is 5.73 Å². The zero-order chi connectivity index (χ0) is 5.33.